The molecule has 27 heavy (non-hydrogen) atoms. The van der Waals surface area contributed by atoms with Gasteiger partial charge < -0.3 is 9.64 Å². The van der Waals surface area contributed by atoms with Crippen molar-refractivity contribution in [1.82, 2.24) is 9.88 Å². The lowest BCUT2D eigenvalue weighted by Gasteiger charge is -2.16. The predicted molar refractivity (Wildman–Crippen MR) is 105 cm³/mol. The summed E-state index contributed by atoms with van der Waals surface area (Å²) in [6, 6.07) is 17.1. The van der Waals surface area contributed by atoms with Gasteiger partial charge in [0, 0.05) is 17.5 Å². The number of likely N-dealkylation sites (N-methyl/N-ethyl adjacent to an activating group) is 1. The average Bonchev–Trinajstić information content (AvgIpc) is 3.19. The number of hydrogen-bond acceptors (Lipinski definition) is 5. The lowest BCUT2D eigenvalue weighted by molar-refractivity contribution is -0.133. The number of aromatic nitrogens is 1. The van der Waals surface area contributed by atoms with Gasteiger partial charge in [-0.25, -0.2) is 4.79 Å². The van der Waals surface area contributed by atoms with Crippen LogP contribution in [0.2, 0.25) is 0 Å². The molecule has 0 aliphatic carbocycles. The number of esters is 1. The first-order valence-electron chi connectivity index (χ1n) is 8.51. The molecule has 1 amide bonds. The van der Waals surface area contributed by atoms with Crippen LogP contribution in [0, 0.1) is 6.92 Å². The summed E-state index contributed by atoms with van der Waals surface area (Å²) >= 11 is 1.58. The minimum atomic E-state index is -0.544. The van der Waals surface area contributed by atoms with Gasteiger partial charge in [0.15, 0.2) is 6.61 Å². The highest BCUT2D eigenvalue weighted by Crippen LogP contribution is 2.19. The van der Waals surface area contributed by atoms with Crippen molar-refractivity contribution in [2.45, 2.75) is 13.5 Å². The van der Waals surface area contributed by atoms with E-state index in [2.05, 4.69) is 4.98 Å². The van der Waals surface area contributed by atoms with Crippen molar-refractivity contribution in [1.29, 1.82) is 0 Å². The molecule has 0 bridgehead atoms. The molecule has 5 nitrogen and oxygen atoms in total. The molecule has 0 unspecified atom stereocenters. The highest BCUT2D eigenvalue weighted by molar-refractivity contribution is 7.09. The number of rotatable bonds is 6. The van der Waals surface area contributed by atoms with E-state index in [-0.39, 0.29) is 12.5 Å². The predicted octanol–water partition coefficient (Wildman–Crippen LogP) is 3.93. The summed E-state index contributed by atoms with van der Waals surface area (Å²) in [7, 11) is 1.69. The molecule has 138 valence electrons. The normalized spacial score (nSPS) is 10.4. The van der Waals surface area contributed by atoms with Gasteiger partial charge in [-0.15, -0.1) is 11.3 Å². The molecular weight excluding hydrogens is 360 g/mol. The monoisotopic (exact) mass is 380 g/mol. The number of nitrogens with zero attached hydrogens (tertiary/aromatic N) is 2. The van der Waals surface area contributed by atoms with Crippen molar-refractivity contribution in [3.63, 3.8) is 0 Å². The summed E-state index contributed by atoms with van der Waals surface area (Å²) in [5.74, 6) is -0.791. The van der Waals surface area contributed by atoms with Crippen LogP contribution in [0.25, 0.3) is 11.3 Å². The number of carbonyl (C=O) groups is 2. The average molecular weight is 380 g/mol. The van der Waals surface area contributed by atoms with E-state index >= 15 is 0 Å². The third kappa shape index (κ3) is 4.80. The summed E-state index contributed by atoms with van der Waals surface area (Å²) in [6.07, 6.45) is 0. The van der Waals surface area contributed by atoms with E-state index in [9.17, 15) is 9.59 Å². The third-order valence-electron chi connectivity index (χ3n) is 4.10. The second kappa shape index (κ2) is 8.60. The fourth-order valence-electron chi connectivity index (χ4n) is 2.59. The number of carbonyl (C=O) groups excluding carboxylic acids is 2. The molecule has 2 heterocycles. The summed E-state index contributed by atoms with van der Waals surface area (Å²) in [5.41, 5.74) is 2.70. The number of benzene rings is 1. The highest BCUT2D eigenvalue weighted by atomic mass is 32.1. The van der Waals surface area contributed by atoms with Gasteiger partial charge in [-0.05, 0) is 30.5 Å². The molecule has 0 aliphatic rings. The Labute approximate surface area is 162 Å². The van der Waals surface area contributed by atoms with Crippen molar-refractivity contribution >= 4 is 23.2 Å². The van der Waals surface area contributed by atoms with Crippen molar-refractivity contribution in [2.75, 3.05) is 13.7 Å². The van der Waals surface area contributed by atoms with E-state index in [1.165, 1.54) is 0 Å². The van der Waals surface area contributed by atoms with E-state index < -0.39 is 5.97 Å². The Morgan fingerprint density at radius 2 is 1.85 bits per heavy atom. The molecule has 0 radical (unpaired) electrons. The highest BCUT2D eigenvalue weighted by Gasteiger charge is 2.16. The lowest BCUT2D eigenvalue weighted by Crippen LogP contribution is -2.30. The van der Waals surface area contributed by atoms with E-state index in [0.717, 1.165) is 16.1 Å². The maximum atomic E-state index is 12.3. The molecule has 0 atom stereocenters. The molecule has 3 aromatic rings. The van der Waals surface area contributed by atoms with Gasteiger partial charge in [-0.1, -0.05) is 36.4 Å². The quantitative estimate of drug-likeness (QED) is 0.608. The van der Waals surface area contributed by atoms with Gasteiger partial charge in [0.25, 0.3) is 5.91 Å². The van der Waals surface area contributed by atoms with Crippen LogP contribution in [0.15, 0.2) is 60.0 Å². The Kier molecular flexibility index (Phi) is 5.98. The lowest BCUT2D eigenvalue weighted by atomic mass is 10.1. The number of thiophene rings is 1. The second-order valence-electron chi connectivity index (χ2n) is 6.10. The first kappa shape index (κ1) is 18.8. The standard InChI is InChI=1S/C21H20N2O3S/c1-15-18(10-11-19(22-15)16-7-4-3-5-8-16)21(25)26-14-20(24)23(2)13-17-9-6-12-27-17/h3-12H,13-14H2,1-2H3. The molecule has 0 aliphatic heterocycles. The molecule has 0 saturated carbocycles. The van der Waals surface area contributed by atoms with E-state index in [4.69, 9.17) is 4.74 Å². The molecule has 0 saturated heterocycles. The molecule has 3 rings (SSSR count). The topological polar surface area (TPSA) is 59.5 Å². The number of hydrogen-bond donors (Lipinski definition) is 0. The molecule has 0 N–H and O–H groups in total. The summed E-state index contributed by atoms with van der Waals surface area (Å²) < 4.78 is 5.19. The van der Waals surface area contributed by atoms with Crippen LogP contribution in [0.4, 0.5) is 0 Å². The van der Waals surface area contributed by atoms with Crippen LogP contribution in [-0.4, -0.2) is 35.4 Å². The first-order chi connectivity index (χ1) is 13.0. The molecule has 1 aromatic carbocycles. The smallest absolute Gasteiger partial charge is 0.340 e. The minimum absolute atomic E-state index is 0.247. The molecule has 0 fully saturated rings. The summed E-state index contributed by atoms with van der Waals surface area (Å²) in [6.45, 7) is 1.97. The van der Waals surface area contributed by atoms with Crippen molar-refractivity contribution < 1.29 is 14.3 Å². The van der Waals surface area contributed by atoms with E-state index in [0.29, 0.717) is 17.8 Å². The van der Waals surface area contributed by atoms with E-state index in [1.807, 2.05) is 47.8 Å². The third-order valence-corrected chi connectivity index (χ3v) is 4.96. The van der Waals surface area contributed by atoms with Crippen LogP contribution >= 0.6 is 11.3 Å². The minimum Gasteiger partial charge on any atom is -0.452 e. The molecule has 6 heteroatoms. The van der Waals surface area contributed by atoms with Crippen molar-refractivity contribution in [3.8, 4) is 11.3 Å². The Balaban J connectivity index is 1.60. The number of pyridine rings is 1. The maximum Gasteiger partial charge on any atom is 0.340 e. The van der Waals surface area contributed by atoms with Gasteiger partial charge in [-0.3, -0.25) is 9.78 Å². The Bertz CT molecular complexity index is 924. The van der Waals surface area contributed by atoms with Gasteiger partial charge in [0.05, 0.1) is 23.5 Å². The van der Waals surface area contributed by atoms with Crippen LogP contribution in [0.3, 0.4) is 0 Å². The zero-order valence-electron chi connectivity index (χ0n) is 15.2. The first-order valence-corrected chi connectivity index (χ1v) is 9.39. The Morgan fingerprint density at radius 1 is 1.07 bits per heavy atom. The Hall–Kier alpha value is -2.99. The fourth-order valence-corrected chi connectivity index (χ4v) is 3.34. The fraction of sp³-hybridized carbons (Fsp3) is 0.190. The largest absolute Gasteiger partial charge is 0.452 e. The van der Waals surface area contributed by atoms with Gasteiger partial charge in [-0.2, -0.15) is 0 Å². The maximum absolute atomic E-state index is 12.3. The Morgan fingerprint density at radius 3 is 2.52 bits per heavy atom. The number of amides is 1. The number of aryl methyl sites for hydroxylation is 1. The summed E-state index contributed by atoms with van der Waals surface area (Å²) in [5, 5.41) is 1.96. The zero-order chi connectivity index (χ0) is 19.2. The molecule has 2 aromatic heterocycles. The zero-order valence-corrected chi connectivity index (χ0v) is 16.0. The number of ether oxygens (including phenoxy) is 1. The van der Waals surface area contributed by atoms with Crippen LogP contribution in [0.5, 0.6) is 0 Å². The van der Waals surface area contributed by atoms with Crippen molar-refractivity contribution in [2.24, 2.45) is 0 Å². The summed E-state index contributed by atoms with van der Waals surface area (Å²) in [4.78, 5) is 31.6. The van der Waals surface area contributed by atoms with E-state index in [1.54, 1.807) is 42.3 Å². The second-order valence-corrected chi connectivity index (χ2v) is 7.13. The van der Waals surface area contributed by atoms with Gasteiger partial charge in [0.2, 0.25) is 0 Å². The molecule has 0 spiro atoms. The van der Waals surface area contributed by atoms with Gasteiger partial charge in [0.1, 0.15) is 0 Å². The van der Waals surface area contributed by atoms with Crippen LogP contribution < -0.4 is 0 Å². The van der Waals surface area contributed by atoms with Crippen LogP contribution in [-0.2, 0) is 16.1 Å². The van der Waals surface area contributed by atoms with Gasteiger partial charge >= 0.3 is 5.97 Å². The SMILES string of the molecule is Cc1nc(-c2ccccc2)ccc1C(=O)OCC(=O)N(C)Cc1cccs1. The van der Waals surface area contributed by atoms with Crippen LogP contribution in [0.1, 0.15) is 20.9 Å². The molecular formula is C21H20N2O3S. The van der Waals surface area contributed by atoms with Crippen molar-refractivity contribution in [3.05, 3.63) is 76.1 Å².